The number of nitrogens with zero attached hydrogens (tertiary/aromatic N) is 3. The zero-order valence-electron chi connectivity index (χ0n) is 15.2. The molecule has 2 aromatic heterocycles. The number of sulfonamides is 1. The lowest BCUT2D eigenvalue weighted by atomic mass is 10.2. The summed E-state index contributed by atoms with van der Waals surface area (Å²) in [6.07, 6.45) is 0.588. The van der Waals surface area contributed by atoms with E-state index in [1.165, 1.54) is 15.6 Å². The number of benzene rings is 1. The minimum atomic E-state index is -3.65. The molecule has 27 heavy (non-hydrogen) atoms. The van der Waals surface area contributed by atoms with Gasteiger partial charge in [0.1, 0.15) is 21.3 Å². The van der Waals surface area contributed by atoms with Crippen LogP contribution in [0.2, 0.25) is 0 Å². The lowest BCUT2D eigenvalue weighted by molar-refractivity contribution is 0.382. The molecule has 0 N–H and O–H groups in total. The van der Waals surface area contributed by atoms with Crippen LogP contribution in [-0.4, -0.2) is 36.5 Å². The maximum atomic E-state index is 13.0. The molecule has 1 aliphatic rings. The van der Waals surface area contributed by atoms with Gasteiger partial charge in [-0.2, -0.15) is 4.31 Å². The van der Waals surface area contributed by atoms with Crippen molar-refractivity contribution in [1.29, 1.82) is 0 Å². The van der Waals surface area contributed by atoms with Gasteiger partial charge in [0.05, 0.1) is 19.3 Å². The average Bonchev–Trinajstić information content (AvgIpc) is 3.24. The average molecular weight is 406 g/mol. The van der Waals surface area contributed by atoms with E-state index in [-0.39, 0.29) is 4.90 Å². The molecule has 0 unspecified atom stereocenters. The molecule has 0 amide bonds. The molecule has 3 aromatic rings. The third kappa shape index (κ3) is 3.15. The van der Waals surface area contributed by atoms with Crippen LogP contribution < -0.4 is 4.74 Å². The maximum Gasteiger partial charge on any atom is 0.248 e. The molecule has 0 saturated heterocycles. The Morgan fingerprint density at radius 1 is 1.22 bits per heavy atom. The Hall–Kier alpha value is -2.23. The lowest BCUT2D eigenvalue weighted by Crippen LogP contribution is -2.36. The van der Waals surface area contributed by atoms with Crippen molar-refractivity contribution in [2.45, 2.75) is 31.7 Å². The molecule has 4 rings (SSSR count). The number of hydrogen-bond donors (Lipinski definition) is 0. The van der Waals surface area contributed by atoms with E-state index in [4.69, 9.17) is 14.2 Å². The maximum absolute atomic E-state index is 13.0. The number of methoxy groups -OCH3 is 1. The zero-order chi connectivity index (χ0) is 19.2. The summed E-state index contributed by atoms with van der Waals surface area (Å²) in [5.41, 5.74) is 2.35. The van der Waals surface area contributed by atoms with Crippen molar-refractivity contribution in [3.05, 3.63) is 46.3 Å². The normalized spacial score (nSPS) is 14.9. The van der Waals surface area contributed by atoms with Crippen molar-refractivity contribution in [2.24, 2.45) is 0 Å². The minimum absolute atomic E-state index is 0.172. The minimum Gasteiger partial charge on any atom is -0.497 e. The van der Waals surface area contributed by atoms with Crippen LogP contribution in [0, 0.1) is 13.8 Å². The number of aryl methyl sites for hydroxylation is 2. The van der Waals surface area contributed by atoms with Crippen molar-refractivity contribution < 1.29 is 17.7 Å². The lowest BCUT2D eigenvalue weighted by Gasteiger charge is -2.25. The first kappa shape index (κ1) is 18.1. The van der Waals surface area contributed by atoms with E-state index in [1.807, 2.05) is 24.3 Å². The van der Waals surface area contributed by atoms with Crippen LogP contribution in [-0.2, 0) is 23.0 Å². The van der Waals surface area contributed by atoms with Gasteiger partial charge in [-0.1, -0.05) is 5.16 Å². The second-order valence-corrected chi connectivity index (χ2v) is 9.32. The molecule has 142 valence electrons. The SMILES string of the molecule is COc1ccc(-c2nc3c(s2)CN(S(=O)(=O)c2c(C)noc2C)CC3)cc1. The number of rotatable bonds is 4. The fourth-order valence-electron chi connectivity index (χ4n) is 3.21. The molecule has 0 spiro atoms. The summed E-state index contributed by atoms with van der Waals surface area (Å²) in [7, 11) is -2.02. The molecule has 0 saturated carbocycles. The number of fused-ring (bicyclic) bond motifs is 1. The highest BCUT2D eigenvalue weighted by Gasteiger charge is 2.34. The fraction of sp³-hybridized carbons (Fsp3) is 0.333. The Kier molecular flexibility index (Phi) is 4.53. The Bertz CT molecular complexity index is 1070. The highest BCUT2D eigenvalue weighted by Crippen LogP contribution is 2.35. The van der Waals surface area contributed by atoms with Gasteiger partial charge in [-0.05, 0) is 38.1 Å². The van der Waals surface area contributed by atoms with Crippen molar-refractivity contribution >= 4 is 21.4 Å². The van der Waals surface area contributed by atoms with Gasteiger partial charge >= 0.3 is 0 Å². The van der Waals surface area contributed by atoms with Crippen molar-refractivity contribution in [3.8, 4) is 16.3 Å². The van der Waals surface area contributed by atoms with Crippen molar-refractivity contribution in [2.75, 3.05) is 13.7 Å². The summed E-state index contributed by atoms with van der Waals surface area (Å²) < 4.78 is 37.8. The fourth-order valence-corrected chi connectivity index (χ4v) is 6.12. The van der Waals surface area contributed by atoms with Crippen LogP contribution in [0.3, 0.4) is 0 Å². The van der Waals surface area contributed by atoms with Crippen LogP contribution in [0.5, 0.6) is 5.75 Å². The van der Waals surface area contributed by atoms with Gasteiger partial charge in [0.2, 0.25) is 10.0 Å². The second kappa shape index (κ2) is 6.74. The Morgan fingerprint density at radius 3 is 2.59 bits per heavy atom. The second-order valence-electron chi connectivity index (χ2n) is 6.36. The van der Waals surface area contributed by atoms with Crippen molar-refractivity contribution in [3.63, 3.8) is 0 Å². The quantitative estimate of drug-likeness (QED) is 0.663. The summed E-state index contributed by atoms with van der Waals surface area (Å²) in [6.45, 7) is 3.98. The molecule has 0 atom stereocenters. The molecule has 9 heteroatoms. The van der Waals surface area contributed by atoms with Gasteiger partial charge in [0.25, 0.3) is 0 Å². The summed E-state index contributed by atoms with van der Waals surface area (Å²) >= 11 is 1.53. The van der Waals surface area contributed by atoms with Crippen LogP contribution in [0.15, 0.2) is 33.7 Å². The molecule has 3 heterocycles. The Labute approximate surface area is 161 Å². The van der Waals surface area contributed by atoms with Crippen LogP contribution in [0.4, 0.5) is 0 Å². The van der Waals surface area contributed by atoms with Gasteiger partial charge in [-0.15, -0.1) is 11.3 Å². The molecule has 0 bridgehead atoms. The molecule has 0 fully saturated rings. The number of hydrogen-bond acceptors (Lipinski definition) is 7. The third-order valence-corrected chi connectivity index (χ3v) is 7.82. The topological polar surface area (TPSA) is 85.5 Å². The molecule has 1 aliphatic heterocycles. The summed E-state index contributed by atoms with van der Waals surface area (Å²) in [5, 5.41) is 4.67. The monoisotopic (exact) mass is 405 g/mol. The van der Waals surface area contributed by atoms with E-state index in [2.05, 4.69) is 5.16 Å². The molecule has 7 nitrogen and oxygen atoms in total. The van der Waals surface area contributed by atoms with Crippen LogP contribution >= 0.6 is 11.3 Å². The predicted molar refractivity (Wildman–Crippen MR) is 101 cm³/mol. The van der Waals surface area contributed by atoms with Crippen molar-refractivity contribution in [1.82, 2.24) is 14.4 Å². The first-order chi connectivity index (χ1) is 12.9. The van der Waals surface area contributed by atoms with Gasteiger partial charge in [-0.25, -0.2) is 13.4 Å². The highest BCUT2D eigenvalue weighted by atomic mass is 32.2. The summed E-state index contributed by atoms with van der Waals surface area (Å²) in [4.78, 5) is 5.86. The number of ether oxygens (including phenoxy) is 1. The number of aromatic nitrogens is 2. The highest BCUT2D eigenvalue weighted by molar-refractivity contribution is 7.89. The summed E-state index contributed by atoms with van der Waals surface area (Å²) in [6, 6.07) is 7.71. The van der Waals surface area contributed by atoms with E-state index in [1.54, 1.807) is 21.0 Å². The molecule has 1 aromatic carbocycles. The van der Waals surface area contributed by atoms with Gasteiger partial charge in [-0.3, -0.25) is 0 Å². The molecular weight excluding hydrogens is 386 g/mol. The van der Waals surface area contributed by atoms with E-state index < -0.39 is 10.0 Å². The van der Waals surface area contributed by atoms with E-state index >= 15 is 0 Å². The summed E-state index contributed by atoms with van der Waals surface area (Å²) in [5.74, 6) is 1.11. The Morgan fingerprint density at radius 2 is 1.96 bits per heavy atom. The van der Waals surface area contributed by atoms with Crippen LogP contribution in [0.25, 0.3) is 10.6 Å². The third-order valence-electron chi connectivity index (χ3n) is 4.60. The predicted octanol–water partition coefficient (Wildman–Crippen LogP) is 3.17. The smallest absolute Gasteiger partial charge is 0.248 e. The standard InChI is InChI=1S/C18H19N3O4S2/c1-11-17(12(2)25-20-11)27(22,23)21-9-8-15-16(10-21)26-18(19-15)13-4-6-14(24-3)7-5-13/h4-7H,8-10H2,1-3H3. The van der Waals surface area contributed by atoms with Crippen LogP contribution in [0.1, 0.15) is 22.0 Å². The zero-order valence-corrected chi connectivity index (χ0v) is 16.9. The van der Waals surface area contributed by atoms with Gasteiger partial charge < -0.3 is 9.26 Å². The molecule has 0 radical (unpaired) electrons. The van der Waals surface area contributed by atoms with E-state index in [0.29, 0.717) is 31.0 Å². The Balaban J connectivity index is 1.63. The molecule has 0 aliphatic carbocycles. The first-order valence-corrected chi connectivity index (χ1v) is 10.7. The first-order valence-electron chi connectivity index (χ1n) is 8.46. The van der Waals surface area contributed by atoms with E-state index in [9.17, 15) is 8.42 Å². The van der Waals surface area contributed by atoms with Gasteiger partial charge in [0, 0.05) is 23.4 Å². The number of thiazole rings is 1. The molecular formula is C18H19N3O4S2. The van der Waals surface area contributed by atoms with E-state index in [0.717, 1.165) is 26.9 Å². The largest absolute Gasteiger partial charge is 0.497 e. The van der Waals surface area contributed by atoms with Gasteiger partial charge in [0.15, 0.2) is 5.76 Å².